The van der Waals surface area contributed by atoms with Gasteiger partial charge in [-0.2, -0.15) is 0 Å². The molecular formula is C32H27N3O4. The lowest BCUT2D eigenvalue weighted by molar-refractivity contribution is -0.140. The van der Waals surface area contributed by atoms with Gasteiger partial charge in [0.05, 0.1) is 18.7 Å². The highest BCUT2D eigenvalue weighted by atomic mass is 16.5. The Kier molecular flexibility index (Phi) is 6.11. The molecule has 6 rings (SSSR count). The van der Waals surface area contributed by atoms with Crippen molar-refractivity contribution in [3.8, 4) is 39.3 Å². The zero-order valence-electron chi connectivity index (χ0n) is 21.6. The summed E-state index contributed by atoms with van der Waals surface area (Å²) in [6, 6.07) is 25.9. The molecule has 2 N–H and O–H groups in total. The Balaban J connectivity index is 1.23. The molecule has 2 heterocycles. The summed E-state index contributed by atoms with van der Waals surface area (Å²) in [5.41, 5.74) is 7.56. The zero-order valence-corrected chi connectivity index (χ0v) is 21.6. The van der Waals surface area contributed by atoms with E-state index in [9.17, 15) is 9.90 Å². The van der Waals surface area contributed by atoms with E-state index in [1.807, 2.05) is 85.9 Å². The summed E-state index contributed by atoms with van der Waals surface area (Å²) in [6.07, 6.45) is 4.89. The molecule has 3 aromatic carbocycles. The van der Waals surface area contributed by atoms with Crippen molar-refractivity contribution >= 4 is 17.3 Å². The van der Waals surface area contributed by atoms with Gasteiger partial charge in [-0.25, -0.2) is 0 Å². The van der Waals surface area contributed by atoms with Gasteiger partial charge in [-0.05, 0) is 60.2 Å². The average molecular weight is 518 g/mol. The first-order valence-corrected chi connectivity index (χ1v) is 12.7. The predicted molar refractivity (Wildman–Crippen MR) is 150 cm³/mol. The first-order chi connectivity index (χ1) is 19.0. The summed E-state index contributed by atoms with van der Waals surface area (Å²) < 4.78 is 11.1. The number of carboxylic acids is 1. The summed E-state index contributed by atoms with van der Waals surface area (Å²) in [5.74, 6) is 0.616. The first kappa shape index (κ1) is 24.4. The minimum Gasteiger partial charge on any atom is -0.495 e. The molecule has 0 radical (unpaired) electrons. The number of rotatable bonds is 8. The highest BCUT2D eigenvalue weighted by molar-refractivity contribution is 5.85. The van der Waals surface area contributed by atoms with Crippen LogP contribution in [0.4, 0.5) is 11.4 Å². The number of aryl methyl sites for hydroxylation is 1. The van der Waals surface area contributed by atoms with E-state index < -0.39 is 11.4 Å². The van der Waals surface area contributed by atoms with Crippen LogP contribution in [0.5, 0.6) is 5.75 Å². The molecule has 1 aliphatic carbocycles. The number of aliphatic carboxylic acids is 1. The van der Waals surface area contributed by atoms with Gasteiger partial charge >= 0.3 is 5.97 Å². The van der Waals surface area contributed by atoms with Crippen LogP contribution in [0.1, 0.15) is 24.1 Å². The van der Waals surface area contributed by atoms with Crippen molar-refractivity contribution in [3.05, 3.63) is 103 Å². The number of nitrogens with one attached hydrogen (secondary N) is 1. The molecule has 1 fully saturated rings. The smallest absolute Gasteiger partial charge is 0.314 e. The number of anilines is 2. The molecule has 0 amide bonds. The predicted octanol–water partition coefficient (Wildman–Crippen LogP) is 7.25. The van der Waals surface area contributed by atoms with Crippen LogP contribution in [0.25, 0.3) is 33.6 Å². The molecule has 5 aromatic rings. The minimum absolute atomic E-state index is 0.653. The number of pyridine rings is 1. The van der Waals surface area contributed by atoms with E-state index in [0.717, 1.165) is 50.4 Å². The van der Waals surface area contributed by atoms with Crippen molar-refractivity contribution in [2.45, 2.75) is 25.2 Å². The van der Waals surface area contributed by atoms with Crippen LogP contribution in [0.2, 0.25) is 0 Å². The highest BCUT2D eigenvalue weighted by Crippen LogP contribution is 2.48. The maximum atomic E-state index is 11.6. The zero-order chi connectivity index (χ0) is 27.0. The van der Waals surface area contributed by atoms with Crippen molar-refractivity contribution in [3.63, 3.8) is 0 Å². The molecule has 7 nitrogen and oxygen atoms in total. The summed E-state index contributed by atoms with van der Waals surface area (Å²) in [5, 5.41) is 17.3. The summed E-state index contributed by atoms with van der Waals surface area (Å²) in [4.78, 5) is 15.9. The SMILES string of the molecule is COc1cncc(-c2cccc(Nc3c(C)noc3-c3ccc(-c4ccc(C5(C(=O)O)CC5)cc4)cc3)c2)c1. The van der Waals surface area contributed by atoms with Crippen molar-refractivity contribution in [1.82, 2.24) is 10.1 Å². The van der Waals surface area contributed by atoms with Crippen molar-refractivity contribution in [2.24, 2.45) is 0 Å². The Labute approximate surface area is 226 Å². The number of hydrogen-bond donors (Lipinski definition) is 2. The van der Waals surface area contributed by atoms with E-state index in [1.165, 1.54) is 0 Å². The summed E-state index contributed by atoms with van der Waals surface area (Å²) in [6.45, 7) is 1.91. The maximum Gasteiger partial charge on any atom is 0.314 e. The fraction of sp³-hybridized carbons (Fsp3) is 0.156. The molecule has 0 unspecified atom stereocenters. The number of carbonyl (C=O) groups is 1. The number of carboxylic acid groups (broad SMARTS) is 1. The molecule has 0 spiro atoms. The van der Waals surface area contributed by atoms with Crippen LogP contribution in [0, 0.1) is 6.92 Å². The van der Waals surface area contributed by atoms with E-state index in [-0.39, 0.29) is 0 Å². The molecule has 1 aliphatic rings. The summed E-state index contributed by atoms with van der Waals surface area (Å²) in [7, 11) is 1.63. The number of benzene rings is 3. The number of hydrogen-bond acceptors (Lipinski definition) is 6. The van der Waals surface area contributed by atoms with Crippen LogP contribution in [-0.2, 0) is 10.2 Å². The van der Waals surface area contributed by atoms with Crippen LogP contribution in [-0.4, -0.2) is 28.3 Å². The van der Waals surface area contributed by atoms with Gasteiger partial charge in [0.1, 0.15) is 17.1 Å². The van der Waals surface area contributed by atoms with E-state index >= 15 is 0 Å². The van der Waals surface area contributed by atoms with Gasteiger partial charge < -0.3 is 19.7 Å². The Morgan fingerprint density at radius 3 is 2.26 bits per heavy atom. The molecule has 39 heavy (non-hydrogen) atoms. The van der Waals surface area contributed by atoms with Gasteiger partial charge in [0.25, 0.3) is 0 Å². The van der Waals surface area contributed by atoms with Gasteiger partial charge in [-0.1, -0.05) is 65.8 Å². The third-order valence-corrected chi connectivity index (χ3v) is 7.35. The number of methoxy groups -OCH3 is 1. The molecule has 0 atom stereocenters. The van der Waals surface area contributed by atoms with Gasteiger partial charge in [0.15, 0.2) is 5.76 Å². The number of nitrogens with zero attached hydrogens (tertiary/aromatic N) is 2. The summed E-state index contributed by atoms with van der Waals surface area (Å²) >= 11 is 0. The highest BCUT2D eigenvalue weighted by Gasteiger charge is 2.51. The first-order valence-electron chi connectivity index (χ1n) is 12.7. The Morgan fingerprint density at radius 1 is 0.897 bits per heavy atom. The quantitative estimate of drug-likeness (QED) is 0.224. The van der Waals surface area contributed by atoms with Crippen molar-refractivity contribution < 1.29 is 19.2 Å². The minimum atomic E-state index is -0.740. The average Bonchev–Trinajstić information content (AvgIpc) is 3.72. The number of aromatic nitrogens is 2. The lowest BCUT2D eigenvalue weighted by atomic mass is 9.93. The third-order valence-electron chi connectivity index (χ3n) is 7.35. The second-order valence-corrected chi connectivity index (χ2v) is 9.83. The molecule has 1 saturated carbocycles. The van der Waals surface area contributed by atoms with Gasteiger partial charge in [-0.3, -0.25) is 9.78 Å². The number of ether oxygens (including phenoxy) is 1. The van der Waals surface area contributed by atoms with E-state index in [4.69, 9.17) is 9.26 Å². The van der Waals surface area contributed by atoms with Crippen molar-refractivity contribution in [1.29, 1.82) is 0 Å². The molecule has 7 heteroatoms. The topological polar surface area (TPSA) is 97.5 Å². The Morgan fingerprint density at radius 2 is 1.59 bits per heavy atom. The molecular weight excluding hydrogens is 490 g/mol. The van der Waals surface area contributed by atoms with Crippen LogP contribution in [0.15, 0.2) is 95.8 Å². The van der Waals surface area contributed by atoms with Crippen LogP contribution >= 0.6 is 0 Å². The molecule has 2 aromatic heterocycles. The second kappa shape index (κ2) is 9.76. The van der Waals surface area contributed by atoms with Crippen molar-refractivity contribution in [2.75, 3.05) is 12.4 Å². The fourth-order valence-corrected chi connectivity index (χ4v) is 4.87. The molecule has 0 aliphatic heterocycles. The molecule has 0 saturated heterocycles. The van der Waals surface area contributed by atoms with E-state index in [1.54, 1.807) is 13.3 Å². The monoisotopic (exact) mass is 517 g/mol. The fourth-order valence-electron chi connectivity index (χ4n) is 4.87. The molecule has 194 valence electrons. The lowest BCUT2D eigenvalue weighted by Gasteiger charge is -2.11. The second-order valence-electron chi connectivity index (χ2n) is 9.83. The third kappa shape index (κ3) is 4.63. The van der Waals surface area contributed by atoms with E-state index in [2.05, 4.69) is 21.5 Å². The van der Waals surface area contributed by atoms with Crippen LogP contribution < -0.4 is 10.1 Å². The largest absolute Gasteiger partial charge is 0.495 e. The van der Waals surface area contributed by atoms with Gasteiger partial charge in [0, 0.05) is 23.0 Å². The van der Waals surface area contributed by atoms with Gasteiger partial charge in [-0.15, -0.1) is 0 Å². The van der Waals surface area contributed by atoms with Gasteiger partial charge in [0.2, 0.25) is 0 Å². The lowest BCUT2D eigenvalue weighted by Crippen LogP contribution is -2.19. The normalized spacial score (nSPS) is 13.6. The van der Waals surface area contributed by atoms with Crippen LogP contribution in [0.3, 0.4) is 0 Å². The Hall–Kier alpha value is -4.91. The van der Waals surface area contributed by atoms with E-state index in [0.29, 0.717) is 24.4 Å². The molecule has 0 bridgehead atoms. The standard InChI is InChI=1S/C32H27N3O4/c1-20-29(34-27-5-3-4-24(16-27)25-17-28(38-2)19-33-18-25)30(39-35-20)23-8-6-21(7-9-23)22-10-12-26(13-11-22)32(14-15-32)31(36)37/h3-13,16-19,34H,14-15H2,1-2H3,(H,36,37). The maximum absolute atomic E-state index is 11.6. The Bertz CT molecular complexity index is 1650.